The molecule has 0 aliphatic rings. The molecule has 0 radical (unpaired) electrons. The molecular formula is C22H18ClN5O5S2. The van der Waals surface area contributed by atoms with E-state index < -0.39 is 22.0 Å². The van der Waals surface area contributed by atoms with Gasteiger partial charge in [-0.15, -0.1) is 11.3 Å². The van der Waals surface area contributed by atoms with Gasteiger partial charge in [-0.25, -0.2) is 17.9 Å². The van der Waals surface area contributed by atoms with Crippen molar-refractivity contribution in [2.24, 2.45) is 5.73 Å². The van der Waals surface area contributed by atoms with Crippen molar-refractivity contribution < 1.29 is 18.0 Å². The number of sulfonamides is 1. The molecule has 5 N–H and O–H groups in total. The molecular weight excluding hydrogens is 514 g/mol. The lowest BCUT2D eigenvalue weighted by molar-refractivity contribution is 0.100. The second-order valence-electron chi connectivity index (χ2n) is 7.26. The molecule has 3 amide bonds. The van der Waals surface area contributed by atoms with Crippen molar-refractivity contribution in [3.8, 4) is 5.69 Å². The highest BCUT2D eigenvalue weighted by atomic mass is 35.5. The predicted molar refractivity (Wildman–Crippen MR) is 136 cm³/mol. The highest BCUT2D eigenvalue weighted by Crippen LogP contribution is 2.25. The summed E-state index contributed by atoms with van der Waals surface area (Å²) < 4.78 is 27.9. The molecule has 180 valence electrons. The van der Waals surface area contributed by atoms with Gasteiger partial charge in [0.15, 0.2) is 0 Å². The van der Waals surface area contributed by atoms with Crippen LogP contribution in [0.25, 0.3) is 16.5 Å². The van der Waals surface area contributed by atoms with Gasteiger partial charge in [0.2, 0.25) is 0 Å². The van der Waals surface area contributed by atoms with Crippen LogP contribution in [0.4, 0.5) is 16.2 Å². The van der Waals surface area contributed by atoms with Gasteiger partial charge in [-0.2, -0.15) is 0 Å². The number of halogens is 1. The van der Waals surface area contributed by atoms with Crippen LogP contribution in [0.5, 0.6) is 0 Å². The van der Waals surface area contributed by atoms with Crippen molar-refractivity contribution in [3.05, 3.63) is 81.0 Å². The Morgan fingerprint density at radius 2 is 1.69 bits per heavy atom. The lowest BCUT2D eigenvalue weighted by Gasteiger charge is -2.13. The molecule has 35 heavy (non-hydrogen) atoms. The number of thiophene rings is 1. The minimum Gasteiger partial charge on any atom is -0.388 e. The third-order valence-corrected chi connectivity index (χ3v) is 8.07. The summed E-state index contributed by atoms with van der Waals surface area (Å²) in [5.41, 5.74) is 6.75. The molecule has 13 heteroatoms. The summed E-state index contributed by atoms with van der Waals surface area (Å²) in [4.78, 5) is 37.4. The molecule has 2 aromatic heterocycles. The molecule has 0 bridgehead atoms. The average molecular weight is 532 g/mol. The standard InChI is InChI=1S/C22H18ClN5O5S2/c1-25-13-4-7-15-16(10-13)17(20(24)29)11-28(21(15)30)14-5-2-12(3-6-14)26-22(31)27-35(32,33)19-9-8-18(23)34-19/h2-11,25H,1H3,(H2,24,29)(H2,26,27,31). The molecule has 10 nitrogen and oxygen atoms in total. The van der Waals surface area contributed by atoms with Crippen molar-refractivity contribution >= 4 is 67.0 Å². The van der Waals surface area contributed by atoms with E-state index in [1.807, 2.05) is 4.72 Å². The Morgan fingerprint density at radius 1 is 1.00 bits per heavy atom. The van der Waals surface area contributed by atoms with E-state index >= 15 is 0 Å². The number of amides is 3. The fraction of sp³-hybridized carbons (Fsp3) is 0.0455. The van der Waals surface area contributed by atoms with E-state index in [2.05, 4.69) is 10.6 Å². The van der Waals surface area contributed by atoms with Crippen molar-refractivity contribution in [1.29, 1.82) is 0 Å². The van der Waals surface area contributed by atoms with Crippen molar-refractivity contribution in [2.45, 2.75) is 4.21 Å². The Labute approximate surface area is 208 Å². The minimum atomic E-state index is -4.08. The highest BCUT2D eigenvalue weighted by molar-refractivity contribution is 7.92. The van der Waals surface area contributed by atoms with Crippen LogP contribution in [0.2, 0.25) is 4.34 Å². The van der Waals surface area contributed by atoms with Crippen LogP contribution in [-0.2, 0) is 10.0 Å². The zero-order valence-corrected chi connectivity index (χ0v) is 20.4. The monoisotopic (exact) mass is 531 g/mol. The first-order chi connectivity index (χ1) is 16.6. The summed E-state index contributed by atoms with van der Waals surface area (Å²) in [5.74, 6) is -0.694. The number of primary amides is 1. The van der Waals surface area contributed by atoms with Gasteiger partial charge in [0.1, 0.15) is 4.21 Å². The number of hydrogen-bond acceptors (Lipinski definition) is 7. The highest BCUT2D eigenvalue weighted by Gasteiger charge is 2.20. The van der Waals surface area contributed by atoms with Gasteiger partial charge in [0.05, 0.1) is 9.90 Å². The number of fused-ring (bicyclic) bond motifs is 1. The number of nitrogens with two attached hydrogens (primary N) is 1. The molecule has 0 saturated heterocycles. The number of benzene rings is 2. The Hall–Kier alpha value is -3.87. The topological polar surface area (TPSA) is 152 Å². The molecule has 0 atom stereocenters. The summed E-state index contributed by atoms with van der Waals surface area (Å²) >= 11 is 6.57. The maximum Gasteiger partial charge on any atom is 0.333 e. The van der Waals surface area contributed by atoms with E-state index in [1.165, 1.54) is 47.2 Å². The third kappa shape index (κ3) is 4.99. The van der Waals surface area contributed by atoms with Crippen molar-refractivity contribution in [2.75, 3.05) is 17.7 Å². The summed E-state index contributed by atoms with van der Waals surface area (Å²) in [5, 5.41) is 6.10. The fourth-order valence-electron chi connectivity index (χ4n) is 3.36. The maximum absolute atomic E-state index is 13.1. The Balaban J connectivity index is 1.60. The third-order valence-electron chi connectivity index (χ3n) is 5.02. The fourth-order valence-corrected chi connectivity index (χ4v) is 5.75. The SMILES string of the molecule is CNc1ccc2c(=O)n(-c3ccc(NC(=O)NS(=O)(=O)c4ccc(Cl)s4)cc3)cc(C(N)=O)c2c1. The lowest BCUT2D eigenvalue weighted by Crippen LogP contribution is -2.33. The summed E-state index contributed by atoms with van der Waals surface area (Å²) in [6.45, 7) is 0. The molecule has 4 aromatic rings. The van der Waals surface area contributed by atoms with Gasteiger partial charge in [-0.3, -0.25) is 14.2 Å². The van der Waals surface area contributed by atoms with Crippen LogP contribution in [0.3, 0.4) is 0 Å². The van der Waals surface area contributed by atoms with E-state index in [-0.39, 0.29) is 25.4 Å². The smallest absolute Gasteiger partial charge is 0.333 e. The maximum atomic E-state index is 13.1. The average Bonchev–Trinajstić information content (AvgIpc) is 3.26. The Kier molecular flexibility index (Phi) is 6.52. The zero-order valence-electron chi connectivity index (χ0n) is 18.0. The molecule has 0 saturated carbocycles. The molecule has 0 aliphatic carbocycles. The van der Waals surface area contributed by atoms with Crippen LogP contribution < -0.4 is 26.6 Å². The zero-order chi connectivity index (χ0) is 25.3. The number of pyridine rings is 1. The number of aromatic nitrogens is 1. The summed E-state index contributed by atoms with van der Waals surface area (Å²) in [7, 11) is -2.36. The van der Waals surface area contributed by atoms with Crippen molar-refractivity contribution in [1.82, 2.24) is 9.29 Å². The summed E-state index contributed by atoms with van der Waals surface area (Å²) in [6, 6.07) is 12.7. The quantitative estimate of drug-likeness (QED) is 0.299. The molecule has 2 heterocycles. The van der Waals surface area contributed by atoms with Gasteiger partial charge in [0.25, 0.3) is 21.5 Å². The van der Waals surface area contributed by atoms with Crippen LogP contribution in [-0.4, -0.2) is 32.0 Å². The molecule has 0 unspecified atom stereocenters. The van der Waals surface area contributed by atoms with Gasteiger partial charge < -0.3 is 16.4 Å². The second kappa shape index (κ2) is 9.41. The molecule has 0 aliphatic heterocycles. The van der Waals surface area contributed by atoms with E-state index in [0.29, 0.717) is 16.5 Å². The number of carbonyl (C=O) groups excluding carboxylic acids is 2. The predicted octanol–water partition coefficient (Wildman–Crippen LogP) is 3.36. The number of hydrogen-bond donors (Lipinski definition) is 4. The van der Waals surface area contributed by atoms with E-state index in [1.54, 1.807) is 25.2 Å². The van der Waals surface area contributed by atoms with Gasteiger partial charge in [-0.1, -0.05) is 11.6 Å². The van der Waals surface area contributed by atoms with Crippen LogP contribution in [0, 0.1) is 0 Å². The van der Waals surface area contributed by atoms with Crippen molar-refractivity contribution in [3.63, 3.8) is 0 Å². The van der Waals surface area contributed by atoms with Crippen LogP contribution >= 0.6 is 22.9 Å². The number of nitrogens with zero attached hydrogens (tertiary/aromatic N) is 1. The molecule has 4 rings (SSSR count). The molecule has 0 spiro atoms. The lowest BCUT2D eigenvalue weighted by atomic mass is 10.1. The normalized spacial score (nSPS) is 11.3. The molecule has 0 fully saturated rings. The minimum absolute atomic E-state index is 0.101. The number of rotatable bonds is 6. The number of anilines is 2. The largest absolute Gasteiger partial charge is 0.388 e. The van der Waals surface area contributed by atoms with Gasteiger partial charge in [0, 0.05) is 41.1 Å². The Morgan fingerprint density at radius 3 is 2.29 bits per heavy atom. The van der Waals surface area contributed by atoms with E-state index in [0.717, 1.165) is 17.0 Å². The molecule has 2 aromatic carbocycles. The first kappa shape index (κ1) is 24.3. The number of carbonyl (C=O) groups is 2. The summed E-state index contributed by atoms with van der Waals surface area (Å²) in [6.07, 6.45) is 1.36. The van der Waals surface area contributed by atoms with Crippen LogP contribution in [0.15, 0.2) is 69.8 Å². The van der Waals surface area contributed by atoms with Gasteiger partial charge in [-0.05, 0) is 54.6 Å². The Bertz CT molecular complexity index is 1630. The number of nitrogens with one attached hydrogen (secondary N) is 3. The van der Waals surface area contributed by atoms with Gasteiger partial charge >= 0.3 is 6.03 Å². The first-order valence-electron chi connectivity index (χ1n) is 9.95. The van der Waals surface area contributed by atoms with E-state index in [9.17, 15) is 22.8 Å². The number of urea groups is 1. The van der Waals surface area contributed by atoms with E-state index in [4.69, 9.17) is 17.3 Å². The van der Waals surface area contributed by atoms with Crippen LogP contribution in [0.1, 0.15) is 10.4 Å². The second-order valence-corrected chi connectivity index (χ2v) is 10.9. The first-order valence-corrected chi connectivity index (χ1v) is 12.6.